The van der Waals surface area contributed by atoms with Crippen molar-refractivity contribution < 1.29 is 23.8 Å². The first kappa shape index (κ1) is 17.3. The molecule has 0 radical (unpaired) electrons. The van der Waals surface area contributed by atoms with Crippen molar-refractivity contribution in [2.75, 3.05) is 18.5 Å². The molecule has 142 valence electrons. The van der Waals surface area contributed by atoms with Gasteiger partial charge >= 0.3 is 6.16 Å². The van der Waals surface area contributed by atoms with Crippen LogP contribution in [0.3, 0.4) is 0 Å². The monoisotopic (exact) mass is 373 g/mol. The highest BCUT2D eigenvalue weighted by molar-refractivity contribution is 5.96. The van der Waals surface area contributed by atoms with Gasteiger partial charge in [0.1, 0.15) is 0 Å². The molecule has 4 heterocycles. The van der Waals surface area contributed by atoms with Crippen molar-refractivity contribution in [2.24, 2.45) is 0 Å². The lowest BCUT2D eigenvalue weighted by molar-refractivity contribution is 0.0905. The van der Waals surface area contributed by atoms with Crippen LogP contribution < -0.4 is 10.1 Å². The molecule has 3 aromatic rings. The fraction of sp³-hybridized carbons (Fsp3) is 0.412. The summed E-state index contributed by atoms with van der Waals surface area (Å²) < 4.78 is 17.2. The van der Waals surface area contributed by atoms with Crippen molar-refractivity contribution in [2.45, 2.75) is 32.4 Å². The fourth-order valence-corrected chi connectivity index (χ4v) is 3.14. The Balaban J connectivity index is 1.77. The summed E-state index contributed by atoms with van der Waals surface area (Å²) in [5.74, 6) is 0.0957. The van der Waals surface area contributed by atoms with Crippen LogP contribution in [0.5, 0.6) is 5.88 Å². The lowest BCUT2D eigenvalue weighted by atomic mass is 10.1. The Kier molecular flexibility index (Phi) is 4.63. The number of nitrogens with one attached hydrogen (secondary N) is 1. The van der Waals surface area contributed by atoms with E-state index in [0.717, 1.165) is 35.8 Å². The van der Waals surface area contributed by atoms with Gasteiger partial charge in [-0.3, -0.25) is 0 Å². The van der Waals surface area contributed by atoms with Gasteiger partial charge < -0.3 is 24.3 Å². The Hall–Kier alpha value is -3.14. The highest BCUT2D eigenvalue weighted by Gasteiger charge is 2.22. The van der Waals surface area contributed by atoms with Crippen molar-refractivity contribution >= 4 is 22.9 Å². The number of carboxylic acid groups (broad SMARTS) is 1. The van der Waals surface area contributed by atoms with Crippen LogP contribution >= 0.6 is 0 Å². The average molecular weight is 373 g/mol. The molecule has 1 aliphatic heterocycles. The van der Waals surface area contributed by atoms with Gasteiger partial charge in [-0.15, -0.1) is 0 Å². The average Bonchev–Trinajstić information content (AvgIpc) is 3.29. The van der Waals surface area contributed by atoms with Gasteiger partial charge in [0.25, 0.3) is 5.88 Å². The Morgan fingerprint density at radius 2 is 2.22 bits per heavy atom. The van der Waals surface area contributed by atoms with Crippen molar-refractivity contribution in [1.29, 1.82) is 0 Å². The van der Waals surface area contributed by atoms with Gasteiger partial charge in [0, 0.05) is 32.0 Å². The minimum Gasteiger partial charge on any atom is -0.449 e. The molecule has 0 amide bonds. The molecule has 0 spiro atoms. The van der Waals surface area contributed by atoms with Crippen molar-refractivity contribution in [3.8, 4) is 17.3 Å². The Labute approximate surface area is 154 Å². The molecule has 0 saturated carbocycles. The zero-order chi connectivity index (χ0) is 18.8. The van der Waals surface area contributed by atoms with Crippen LogP contribution in [0.25, 0.3) is 22.5 Å². The summed E-state index contributed by atoms with van der Waals surface area (Å²) >= 11 is 0. The fourth-order valence-electron chi connectivity index (χ4n) is 3.14. The molecule has 2 N–H and O–H groups in total. The Bertz CT molecular complexity index is 960. The molecule has 0 atom stereocenters. The molecular weight excluding hydrogens is 354 g/mol. The van der Waals surface area contributed by atoms with Crippen LogP contribution in [0, 0.1) is 0 Å². The molecule has 0 unspecified atom stereocenters. The maximum Gasteiger partial charge on any atom is 0.512 e. The van der Waals surface area contributed by atoms with E-state index in [2.05, 4.69) is 25.1 Å². The normalized spacial score (nSPS) is 15.1. The Morgan fingerprint density at radius 3 is 2.96 bits per heavy atom. The third kappa shape index (κ3) is 3.43. The van der Waals surface area contributed by atoms with E-state index in [1.54, 1.807) is 12.4 Å². The van der Waals surface area contributed by atoms with Gasteiger partial charge in [0.2, 0.25) is 5.89 Å². The van der Waals surface area contributed by atoms with Gasteiger partial charge in [-0.25, -0.2) is 14.5 Å². The lowest BCUT2D eigenvalue weighted by Crippen LogP contribution is -2.28. The van der Waals surface area contributed by atoms with Crippen LogP contribution in [0.15, 0.2) is 23.1 Å². The molecule has 3 aromatic heterocycles. The lowest BCUT2D eigenvalue weighted by Gasteiger charge is -2.25. The summed E-state index contributed by atoms with van der Waals surface area (Å²) in [4.78, 5) is 19.3. The molecule has 10 nitrogen and oxygen atoms in total. The first-order valence-electron chi connectivity index (χ1n) is 8.71. The second-order valence-electron chi connectivity index (χ2n) is 6.13. The number of oxazole rings is 1. The number of hydrogen-bond donors (Lipinski definition) is 2. The SMILES string of the molecule is CCn1ncc2c(NC3CCOCC3)c(-c3nc(OC(=O)O)co3)cnc21. The number of anilines is 1. The van der Waals surface area contributed by atoms with E-state index in [9.17, 15) is 4.79 Å². The van der Waals surface area contributed by atoms with Crippen molar-refractivity contribution in [1.82, 2.24) is 19.7 Å². The number of fused-ring (bicyclic) bond motifs is 1. The van der Waals surface area contributed by atoms with Gasteiger partial charge in [0.15, 0.2) is 11.9 Å². The zero-order valence-electron chi connectivity index (χ0n) is 14.7. The molecule has 1 fully saturated rings. The zero-order valence-corrected chi connectivity index (χ0v) is 14.7. The Morgan fingerprint density at radius 1 is 1.41 bits per heavy atom. The third-order valence-electron chi connectivity index (χ3n) is 4.44. The maximum absolute atomic E-state index is 10.7. The van der Waals surface area contributed by atoms with E-state index in [1.165, 1.54) is 0 Å². The second-order valence-corrected chi connectivity index (χ2v) is 6.13. The summed E-state index contributed by atoms with van der Waals surface area (Å²) in [7, 11) is 0. The summed E-state index contributed by atoms with van der Waals surface area (Å²) in [6, 6.07) is 0.234. The highest BCUT2D eigenvalue weighted by atomic mass is 16.7. The van der Waals surface area contributed by atoms with Gasteiger partial charge in [-0.2, -0.15) is 10.1 Å². The first-order chi connectivity index (χ1) is 13.2. The molecule has 0 aliphatic carbocycles. The minimum atomic E-state index is -1.45. The smallest absolute Gasteiger partial charge is 0.449 e. The molecule has 4 rings (SSSR count). The van der Waals surface area contributed by atoms with Crippen molar-refractivity contribution in [3.63, 3.8) is 0 Å². The number of nitrogens with zero attached hydrogens (tertiary/aromatic N) is 4. The van der Waals surface area contributed by atoms with Gasteiger partial charge in [-0.05, 0) is 19.8 Å². The summed E-state index contributed by atoms with van der Waals surface area (Å²) in [5.41, 5.74) is 2.17. The standard InChI is InChI=1S/C17H19N5O5/c1-2-22-15-11(8-19-22)14(20-10-3-5-25-6-4-10)12(7-18-15)16-21-13(9-26-16)27-17(23)24/h7-10H,2-6H2,1H3,(H,18,20)(H,23,24). The largest absolute Gasteiger partial charge is 0.512 e. The van der Waals surface area contributed by atoms with Crippen LogP contribution in [0.2, 0.25) is 0 Å². The van der Waals surface area contributed by atoms with E-state index in [-0.39, 0.29) is 17.8 Å². The number of ether oxygens (including phenoxy) is 2. The predicted octanol–water partition coefficient (Wildman–Crippen LogP) is 2.75. The minimum absolute atomic E-state index is 0.126. The van der Waals surface area contributed by atoms with Gasteiger partial charge in [-0.1, -0.05) is 0 Å². The summed E-state index contributed by atoms with van der Waals surface area (Å²) in [6.45, 7) is 4.09. The maximum atomic E-state index is 10.7. The molecule has 27 heavy (non-hydrogen) atoms. The van der Waals surface area contributed by atoms with Crippen molar-refractivity contribution in [3.05, 3.63) is 18.7 Å². The summed E-state index contributed by atoms with van der Waals surface area (Å²) in [5, 5.41) is 17.5. The predicted molar refractivity (Wildman–Crippen MR) is 94.8 cm³/mol. The second kappa shape index (κ2) is 7.23. The number of carbonyl (C=O) groups is 1. The molecule has 1 aliphatic rings. The molecule has 1 saturated heterocycles. The van der Waals surface area contributed by atoms with E-state index < -0.39 is 6.16 Å². The molecule has 10 heteroatoms. The number of pyridine rings is 1. The highest BCUT2D eigenvalue weighted by Crippen LogP contribution is 2.35. The third-order valence-corrected chi connectivity index (χ3v) is 4.44. The molecule has 0 bridgehead atoms. The van der Waals surface area contributed by atoms with Gasteiger partial charge in [0.05, 0.1) is 22.8 Å². The number of rotatable bonds is 5. The molecule has 0 aromatic carbocycles. The quantitative estimate of drug-likeness (QED) is 0.649. The number of aryl methyl sites for hydroxylation is 1. The van der Waals surface area contributed by atoms with E-state index in [0.29, 0.717) is 25.3 Å². The molecular formula is C17H19N5O5. The topological polar surface area (TPSA) is 125 Å². The van der Waals surface area contributed by atoms with Crippen LogP contribution in [0.4, 0.5) is 10.5 Å². The van der Waals surface area contributed by atoms with Crippen LogP contribution in [-0.2, 0) is 11.3 Å². The number of aromatic nitrogens is 4. The van der Waals surface area contributed by atoms with Crippen LogP contribution in [-0.4, -0.2) is 50.3 Å². The van der Waals surface area contributed by atoms with Crippen LogP contribution in [0.1, 0.15) is 19.8 Å². The van der Waals surface area contributed by atoms with E-state index in [4.69, 9.17) is 14.3 Å². The van der Waals surface area contributed by atoms with E-state index >= 15 is 0 Å². The first-order valence-corrected chi connectivity index (χ1v) is 8.71. The number of hydrogen-bond acceptors (Lipinski definition) is 8. The van der Waals surface area contributed by atoms with E-state index in [1.807, 2.05) is 11.6 Å². The summed E-state index contributed by atoms with van der Waals surface area (Å²) in [6.07, 6.45) is 4.87.